The second-order valence-corrected chi connectivity index (χ2v) is 16.8. The van der Waals surface area contributed by atoms with Gasteiger partial charge in [0.25, 0.3) is 0 Å². The molecule has 0 radical (unpaired) electrons. The zero-order chi connectivity index (χ0) is 58.1. The molecule has 78 heavy (non-hydrogen) atoms. The van der Waals surface area contributed by atoms with Crippen LogP contribution in [0.2, 0.25) is 0 Å². The first-order valence-corrected chi connectivity index (χ1v) is 23.0. The lowest BCUT2D eigenvalue weighted by Gasteiger charge is -2.44. The molecule has 0 aliphatic carbocycles. The summed E-state index contributed by atoms with van der Waals surface area (Å²) in [6.07, 6.45) is 7.63. The van der Waals surface area contributed by atoms with E-state index in [9.17, 15) is 62.3 Å². The highest BCUT2D eigenvalue weighted by molar-refractivity contribution is 7.20. The maximum atomic E-state index is 15.4. The summed E-state index contributed by atoms with van der Waals surface area (Å²) in [5, 5.41) is 0. The van der Waals surface area contributed by atoms with Crippen LogP contribution in [0.3, 0.4) is 0 Å². The Balaban J connectivity index is 0.000000302. The number of halogens is 20. The van der Waals surface area contributed by atoms with Crippen molar-refractivity contribution in [2.24, 2.45) is 0 Å². The van der Waals surface area contributed by atoms with Crippen LogP contribution in [0.15, 0.2) is 60.7 Å². The molecule has 27 heteroatoms. The number of hydrogen-bond donors (Lipinski definition) is 0. The van der Waals surface area contributed by atoms with Gasteiger partial charge in [0, 0.05) is 5.57 Å². The van der Waals surface area contributed by atoms with Crippen LogP contribution in [-0.2, 0) is 25.6 Å². The predicted molar refractivity (Wildman–Crippen MR) is 237 cm³/mol. The lowest BCUT2D eigenvalue weighted by Crippen LogP contribution is -2.81. The molecule has 1 aromatic heterocycles. The van der Waals surface area contributed by atoms with E-state index in [0.29, 0.717) is 12.1 Å². The van der Waals surface area contributed by atoms with Crippen molar-refractivity contribution in [3.05, 3.63) is 183 Å². The zero-order valence-corrected chi connectivity index (χ0v) is 40.1. The van der Waals surface area contributed by atoms with Crippen molar-refractivity contribution in [1.82, 2.24) is 4.98 Å². The molecule has 0 amide bonds. The van der Waals surface area contributed by atoms with E-state index in [-0.39, 0.29) is 18.8 Å². The number of nitrogens with zero attached hydrogens (tertiary/aromatic N) is 2. The second-order valence-electron chi connectivity index (χ2n) is 16.8. The summed E-state index contributed by atoms with van der Waals surface area (Å²) in [7, 11) is 0. The van der Waals surface area contributed by atoms with Gasteiger partial charge in [0.05, 0.1) is 25.6 Å². The summed E-state index contributed by atoms with van der Waals surface area (Å²) in [5.41, 5.74) is -13.0. The van der Waals surface area contributed by atoms with E-state index in [2.05, 4.69) is 18.8 Å². The molecular weight excluding hydrogens is 1100 g/mol. The molecule has 1 heterocycles. The Morgan fingerprint density at radius 2 is 0.692 bits per heavy atom. The molecule has 0 spiro atoms. The number of carbonyl (C=O) groups is 2. The van der Waals surface area contributed by atoms with Gasteiger partial charge in [0.1, 0.15) is 52.7 Å². The summed E-state index contributed by atoms with van der Waals surface area (Å²) < 4.78 is 307. The average molecular weight is 1130 g/mol. The Morgan fingerprint density at radius 1 is 0.410 bits per heavy atom. The van der Waals surface area contributed by atoms with Crippen LogP contribution in [0.4, 0.5) is 87.8 Å². The number of rotatable bonds is 19. The number of allylic oxidation sites excluding steroid dienone is 1. The van der Waals surface area contributed by atoms with Gasteiger partial charge < -0.3 is 9.47 Å². The van der Waals surface area contributed by atoms with Gasteiger partial charge in [-0.2, -0.15) is 4.57 Å². The first-order valence-electron chi connectivity index (χ1n) is 23.0. The maximum absolute atomic E-state index is 15.4. The number of hydrogen-bond acceptors (Lipinski definition) is 5. The Morgan fingerprint density at radius 3 is 0.974 bits per heavy atom. The van der Waals surface area contributed by atoms with Crippen LogP contribution < -0.4 is 26.4 Å². The largest absolute Gasteiger partial charge is 0.462 e. The van der Waals surface area contributed by atoms with Crippen molar-refractivity contribution in [3.8, 4) is 0 Å². The summed E-state index contributed by atoms with van der Waals surface area (Å²) in [6.45, 7) is 5.16. The van der Waals surface area contributed by atoms with E-state index in [1.165, 1.54) is 0 Å². The lowest BCUT2D eigenvalue weighted by molar-refractivity contribution is -0.684. The van der Waals surface area contributed by atoms with Crippen LogP contribution >= 0.6 is 0 Å². The van der Waals surface area contributed by atoms with Crippen LogP contribution in [0.1, 0.15) is 70.8 Å². The van der Waals surface area contributed by atoms with Crippen LogP contribution in [0.25, 0.3) is 5.57 Å². The van der Waals surface area contributed by atoms with Gasteiger partial charge in [-0.3, -0.25) is 4.98 Å². The molecule has 0 bridgehead atoms. The third kappa shape index (κ3) is 11.8. The minimum atomic E-state index is -7.22. The summed E-state index contributed by atoms with van der Waals surface area (Å²) in [6, 6.07) is 9.45. The number of esters is 2. The normalized spacial score (nSPS) is 11.4. The Bertz CT molecular complexity index is 2830. The van der Waals surface area contributed by atoms with E-state index >= 15 is 35.1 Å². The van der Waals surface area contributed by atoms with Crippen molar-refractivity contribution in [1.29, 1.82) is 0 Å². The molecule has 0 unspecified atom stereocenters. The van der Waals surface area contributed by atoms with Gasteiger partial charge in [-0.25, -0.2) is 97.4 Å². The molecule has 5 aromatic carbocycles. The van der Waals surface area contributed by atoms with Gasteiger partial charge in [0.2, 0.25) is 0 Å². The Kier molecular flexibility index (Phi) is 20.7. The summed E-state index contributed by atoms with van der Waals surface area (Å²) in [5.74, 6) is -72.7. The van der Waals surface area contributed by atoms with Gasteiger partial charge >= 0.3 is 11.9 Å². The molecule has 6 rings (SSSR count). The van der Waals surface area contributed by atoms with E-state index in [1.807, 2.05) is 34.9 Å². The molecule has 0 fully saturated rings. The van der Waals surface area contributed by atoms with Crippen LogP contribution in [-0.4, -0.2) is 36.3 Å². The third-order valence-corrected chi connectivity index (χ3v) is 12.0. The molecule has 0 aliphatic rings. The van der Waals surface area contributed by atoms with Crippen molar-refractivity contribution in [2.45, 2.75) is 71.8 Å². The highest BCUT2D eigenvalue weighted by Gasteiger charge is 2.52. The molecule has 0 saturated heterocycles. The SMILES string of the molecule is CCCCCCOC(=O)C(C(=O)OCCCCCC)=C(C[n+]1ccncc1)c1ccccc1.Fc1c(F)c(F)c([B-](c2c(F)c(F)c(F)c(F)c2F)(c2c(F)c(F)c(F)c(F)c2F)c2c(F)c(F)c(F)c(F)c2F)c(F)c1F. The first-order chi connectivity index (χ1) is 36.9. The monoisotopic (exact) mass is 1130 g/mol. The number of aromatic nitrogens is 2. The molecule has 0 N–H and O–H groups in total. The number of ether oxygens (including phenoxy) is 2. The van der Waals surface area contributed by atoms with Crippen LogP contribution in [0, 0.1) is 116 Å². The van der Waals surface area contributed by atoms with Crippen molar-refractivity contribution >= 4 is 45.5 Å². The topological polar surface area (TPSA) is 69.4 Å². The number of carbonyl (C=O) groups excluding carboxylic acids is 2. The number of benzene rings is 5. The predicted octanol–water partition coefficient (Wildman–Crippen LogP) is 10.9. The first kappa shape index (κ1) is 61.4. The van der Waals surface area contributed by atoms with Gasteiger partial charge in [-0.15, -0.1) is 21.9 Å². The smallest absolute Gasteiger partial charge is 0.346 e. The Labute approximate surface area is 428 Å². The minimum Gasteiger partial charge on any atom is -0.462 e. The minimum absolute atomic E-state index is 0.0310. The van der Waals surface area contributed by atoms with Crippen molar-refractivity contribution < 1.29 is 111 Å². The van der Waals surface area contributed by atoms with Gasteiger partial charge in [0.15, 0.2) is 94.3 Å². The van der Waals surface area contributed by atoms with Crippen LogP contribution in [0.5, 0.6) is 0 Å². The second kappa shape index (κ2) is 26.2. The van der Waals surface area contributed by atoms with E-state index in [0.717, 1.165) is 56.9 Å². The lowest BCUT2D eigenvalue weighted by atomic mass is 9.12. The average Bonchev–Trinajstić information content (AvgIpc) is 3.62. The number of unbranched alkanes of at least 4 members (excludes halogenated alkanes) is 6. The molecule has 6 aromatic rings. The maximum Gasteiger partial charge on any atom is 0.346 e. The summed E-state index contributed by atoms with van der Waals surface area (Å²) in [4.78, 5) is 30.4. The quantitative estimate of drug-likeness (QED) is 0.00772. The highest BCUT2D eigenvalue weighted by Crippen LogP contribution is 2.31. The van der Waals surface area contributed by atoms with Gasteiger partial charge in [-0.05, 0) is 18.4 Å². The molecule has 0 aliphatic heterocycles. The molecule has 0 saturated carbocycles. The zero-order valence-electron chi connectivity index (χ0n) is 40.1. The Hall–Kier alpha value is -7.48. The molecule has 418 valence electrons. The molecule has 0 atom stereocenters. The fraction of sp³-hybridized carbons (Fsp3) is 0.255. The van der Waals surface area contributed by atoms with E-state index < -0.39 is 156 Å². The van der Waals surface area contributed by atoms with Crippen molar-refractivity contribution in [3.63, 3.8) is 0 Å². The van der Waals surface area contributed by atoms with Gasteiger partial charge in [-0.1, -0.05) is 82.7 Å². The third-order valence-electron chi connectivity index (χ3n) is 12.0. The van der Waals surface area contributed by atoms with Crippen molar-refractivity contribution in [2.75, 3.05) is 13.2 Å². The fourth-order valence-electron chi connectivity index (χ4n) is 8.33. The van der Waals surface area contributed by atoms with E-state index in [4.69, 9.17) is 9.47 Å². The fourth-order valence-corrected chi connectivity index (χ4v) is 8.33. The molecular formula is C51H37BF20N2O4. The highest BCUT2D eigenvalue weighted by atomic mass is 19.2. The summed E-state index contributed by atoms with van der Waals surface area (Å²) >= 11 is 0. The standard InChI is InChI=1S/C27H37N2O4.C24BF20/c1-3-5-7-12-20-32-26(30)25(27(31)33-21-13-8-6-4-2)24(23-14-10-9-11-15-23)22-29-18-16-28-17-19-29;26-5-1(6(27)14(35)21(42)13(5)34)25(2-7(28)15(36)22(43)16(37)8(2)29,3-9(30)17(38)23(44)18(39)10(3)31)4-11(32)19(40)24(45)20(41)12(4)33/h9-11,14-19H,3-8,12-13,20-22H2,1-2H3;/q+1;-1. The molecule has 6 nitrogen and oxygen atoms in total. The van der Waals surface area contributed by atoms with E-state index in [1.54, 1.807) is 24.8 Å².